The lowest BCUT2D eigenvalue weighted by Crippen LogP contribution is -2.30. The number of carbonyl (C=O) groups is 3. The highest BCUT2D eigenvalue weighted by Gasteiger charge is 2.19. The Morgan fingerprint density at radius 1 is 0.300 bits per heavy atom. The van der Waals surface area contributed by atoms with Crippen LogP contribution in [0.2, 0.25) is 0 Å². The highest BCUT2D eigenvalue weighted by atomic mass is 16.6. The lowest BCUT2D eigenvalue weighted by atomic mass is 10.1. The van der Waals surface area contributed by atoms with Gasteiger partial charge in [-0.2, -0.15) is 0 Å². The number of unbranched alkanes of at least 4 members (excludes halogenated alkanes) is 22. The molecule has 0 rings (SSSR count). The topological polar surface area (TPSA) is 78.9 Å². The minimum atomic E-state index is -0.819. The Morgan fingerprint density at radius 2 is 0.586 bits per heavy atom. The van der Waals surface area contributed by atoms with Gasteiger partial charge in [-0.25, -0.2) is 0 Å². The molecular weight excluding hydrogens is 865 g/mol. The molecule has 0 fully saturated rings. The largest absolute Gasteiger partial charge is 0.462 e. The molecule has 0 aliphatic carbocycles. The van der Waals surface area contributed by atoms with Crippen molar-refractivity contribution >= 4 is 17.9 Å². The third-order valence-corrected chi connectivity index (χ3v) is 12.0. The molecule has 0 heterocycles. The van der Waals surface area contributed by atoms with Gasteiger partial charge in [0, 0.05) is 19.3 Å². The first-order valence-electron chi connectivity index (χ1n) is 28.9. The van der Waals surface area contributed by atoms with E-state index >= 15 is 0 Å². The average Bonchev–Trinajstić information content (AvgIpc) is 3.36. The zero-order chi connectivity index (χ0) is 50.7. The summed E-state index contributed by atoms with van der Waals surface area (Å²) >= 11 is 0. The number of esters is 3. The first-order valence-corrected chi connectivity index (χ1v) is 28.9. The molecule has 0 aromatic rings. The van der Waals surface area contributed by atoms with E-state index in [9.17, 15) is 14.4 Å². The molecule has 6 heteroatoms. The summed E-state index contributed by atoms with van der Waals surface area (Å²) < 4.78 is 16.8. The minimum absolute atomic E-state index is 0.112. The smallest absolute Gasteiger partial charge is 0.306 e. The van der Waals surface area contributed by atoms with E-state index in [0.717, 1.165) is 103 Å². The van der Waals surface area contributed by atoms with Crippen LogP contribution in [0.5, 0.6) is 0 Å². The summed E-state index contributed by atoms with van der Waals surface area (Å²) in [5.41, 5.74) is 0. The molecule has 0 aliphatic heterocycles. The average molecular weight is 972 g/mol. The van der Waals surface area contributed by atoms with Crippen LogP contribution in [0.25, 0.3) is 0 Å². The van der Waals surface area contributed by atoms with Crippen molar-refractivity contribution in [2.24, 2.45) is 0 Å². The molecule has 0 aromatic heterocycles. The normalized spacial score (nSPS) is 12.9. The molecule has 0 saturated carbocycles. The van der Waals surface area contributed by atoms with Crippen LogP contribution in [0.3, 0.4) is 0 Å². The van der Waals surface area contributed by atoms with Crippen LogP contribution in [-0.2, 0) is 28.6 Å². The van der Waals surface area contributed by atoms with E-state index in [0.29, 0.717) is 19.3 Å². The molecule has 0 radical (unpaired) electrons. The van der Waals surface area contributed by atoms with Crippen molar-refractivity contribution in [2.75, 3.05) is 13.2 Å². The van der Waals surface area contributed by atoms with E-state index in [1.807, 2.05) is 12.2 Å². The van der Waals surface area contributed by atoms with Crippen molar-refractivity contribution in [3.05, 3.63) is 109 Å². The Kier molecular flexibility index (Phi) is 54.4. The Labute approximate surface area is 431 Å². The lowest BCUT2D eigenvalue weighted by Gasteiger charge is -2.18. The fourth-order valence-corrected chi connectivity index (χ4v) is 7.67. The summed E-state index contributed by atoms with van der Waals surface area (Å²) in [6.45, 7) is 6.41. The number of rotatable bonds is 51. The molecule has 0 N–H and O–H groups in total. The van der Waals surface area contributed by atoms with Gasteiger partial charge in [-0.05, 0) is 116 Å². The fourth-order valence-electron chi connectivity index (χ4n) is 7.67. The van der Waals surface area contributed by atoms with E-state index < -0.39 is 6.10 Å². The highest BCUT2D eigenvalue weighted by molar-refractivity contribution is 5.71. The Balaban J connectivity index is 4.47. The summed E-state index contributed by atoms with van der Waals surface area (Å²) in [4.78, 5) is 38.1. The number of carbonyl (C=O) groups excluding carboxylic acids is 3. The van der Waals surface area contributed by atoms with Crippen molar-refractivity contribution < 1.29 is 28.6 Å². The molecule has 1 atom stereocenters. The third kappa shape index (κ3) is 55.0. The second-order valence-corrected chi connectivity index (χ2v) is 18.8. The van der Waals surface area contributed by atoms with Gasteiger partial charge in [-0.15, -0.1) is 0 Å². The molecule has 6 nitrogen and oxygen atoms in total. The molecule has 398 valence electrons. The maximum atomic E-state index is 12.9. The van der Waals surface area contributed by atoms with Gasteiger partial charge in [-0.1, -0.05) is 233 Å². The molecule has 0 saturated heterocycles. The monoisotopic (exact) mass is 971 g/mol. The molecular formula is C64H106O6. The van der Waals surface area contributed by atoms with E-state index in [1.165, 1.54) is 109 Å². The van der Waals surface area contributed by atoms with E-state index in [-0.39, 0.29) is 37.5 Å². The number of hydrogen-bond donors (Lipinski definition) is 0. The van der Waals surface area contributed by atoms with Crippen molar-refractivity contribution in [2.45, 2.75) is 264 Å². The first kappa shape index (κ1) is 66.1. The van der Waals surface area contributed by atoms with Crippen LogP contribution in [0, 0.1) is 0 Å². The molecule has 0 bridgehead atoms. The second-order valence-electron chi connectivity index (χ2n) is 18.8. The van der Waals surface area contributed by atoms with Gasteiger partial charge in [0.25, 0.3) is 0 Å². The highest BCUT2D eigenvalue weighted by Crippen LogP contribution is 2.14. The van der Waals surface area contributed by atoms with Crippen molar-refractivity contribution in [1.82, 2.24) is 0 Å². The molecule has 0 aliphatic rings. The van der Waals surface area contributed by atoms with Crippen LogP contribution in [0.15, 0.2) is 109 Å². The number of allylic oxidation sites excluding steroid dienone is 18. The van der Waals surface area contributed by atoms with Gasteiger partial charge in [-0.3, -0.25) is 14.4 Å². The Hall–Kier alpha value is -3.93. The van der Waals surface area contributed by atoms with Crippen LogP contribution in [-0.4, -0.2) is 37.2 Å². The van der Waals surface area contributed by atoms with Crippen LogP contribution >= 0.6 is 0 Å². The van der Waals surface area contributed by atoms with Crippen molar-refractivity contribution in [3.63, 3.8) is 0 Å². The zero-order valence-electron chi connectivity index (χ0n) is 45.5. The summed E-state index contributed by atoms with van der Waals surface area (Å²) in [6, 6.07) is 0. The van der Waals surface area contributed by atoms with Gasteiger partial charge >= 0.3 is 17.9 Å². The van der Waals surface area contributed by atoms with Gasteiger partial charge in [0.1, 0.15) is 13.2 Å². The lowest BCUT2D eigenvalue weighted by molar-refractivity contribution is -0.166. The van der Waals surface area contributed by atoms with Crippen LogP contribution in [0.1, 0.15) is 258 Å². The maximum Gasteiger partial charge on any atom is 0.306 e. The van der Waals surface area contributed by atoms with E-state index in [4.69, 9.17) is 14.2 Å². The van der Waals surface area contributed by atoms with Crippen molar-refractivity contribution in [3.8, 4) is 0 Å². The summed E-state index contributed by atoms with van der Waals surface area (Å²) in [7, 11) is 0. The van der Waals surface area contributed by atoms with Gasteiger partial charge < -0.3 is 14.2 Å². The summed E-state index contributed by atoms with van der Waals surface area (Å²) in [6.07, 6.45) is 78.1. The predicted octanol–water partition coefficient (Wildman–Crippen LogP) is 19.5. The fraction of sp³-hybridized carbons (Fsp3) is 0.672. The third-order valence-electron chi connectivity index (χ3n) is 12.0. The van der Waals surface area contributed by atoms with Crippen LogP contribution in [0.4, 0.5) is 0 Å². The maximum absolute atomic E-state index is 12.9. The number of hydrogen-bond acceptors (Lipinski definition) is 6. The van der Waals surface area contributed by atoms with Crippen molar-refractivity contribution in [1.29, 1.82) is 0 Å². The Bertz CT molecular complexity index is 1440. The second kappa shape index (κ2) is 57.6. The van der Waals surface area contributed by atoms with Gasteiger partial charge in [0.2, 0.25) is 0 Å². The van der Waals surface area contributed by atoms with Crippen LogP contribution < -0.4 is 0 Å². The predicted molar refractivity (Wildman–Crippen MR) is 302 cm³/mol. The quantitative estimate of drug-likeness (QED) is 0.0262. The molecule has 0 spiro atoms. The van der Waals surface area contributed by atoms with E-state index in [1.54, 1.807) is 0 Å². The standard InChI is InChI=1S/C64H106O6/c1-4-7-10-13-16-19-22-25-27-29-31-32-33-35-36-39-42-45-48-51-54-57-63(66)69-60-61(59-68-62(65)56-53-50-47-44-41-38-24-21-18-15-12-9-6-3)70-64(67)58-55-52-49-46-43-40-37-34-30-28-26-23-20-17-14-11-8-5-2/h9,12,18,20-23,25,28-31,33,35,38,41,47,50,61H,4-8,10-11,13-17,19,24,26-27,32,34,36-37,39-40,42-46,48-49,51-60H2,1-3H3/b12-9-,21-18-,23-20-,25-22-,30-28-,31-29-,35-33-,41-38-,50-47-. The first-order chi connectivity index (χ1) is 34.5. The minimum Gasteiger partial charge on any atom is -0.462 e. The molecule has 0 amide bonds. The van der Waals surface area contributed by atoms with Gasteiger partial charge in [0.05, 0.1) is 0 Å². The summed E-state index contributed by atoms with van der Waals surface area (Å²) in [5, 5.41) is 0. The summed E-state index contributed by atoms with van der Waals surface area (Å²) in [5.74, 6) is -1.02. The van der Waals surface area contributed by atoms with E-state index in [2.05, 4.69) is 118 Å². The Morgan fingerprint density at radius 3 is 0.971 bits per heavy atom. The molecule has 1 unspecified atom stereocenters. The zero-order valence-corrected chi connectivity index (χ0v) is 45.5. The SMILES string of the molecule is CC/C=C\C/C=C\C/C=C\C/C=C\CCC(=O)OCC(COC(=O)CCCCCCCC/C=C\C/C=C\C/C=C\CCCCCCC)OC(=O)CCCCCCCCC/C=C\C/C=C\CCCCCC. The number of ether oxygens (including phenoxy) is 3. The molecule has 0 aromatic carbocycles. The molecule has 70 heavy (non-hydrogen) atoms. The van der Waals surface area contributed by atoms with Gasteiger partial charge in [0.15, 0.2) is 6.10 Å².